The number of hydrogen-bond donors (Lipinski definition) is 1. The summed E-state index contributed by atoms with van der Waals surface area (Å²) in [6.07, 6.45) is 1.83. The van der Waals surface area contributed by atoms with E-state index >= 15 is 0 Å². The van der Waals surface area contributed by atoms with Gasteiger partial charge in [-0.25, -0.2) is 10.0 Å². The molecule has 0 bridgehead atoms. The molecule has 2 aromatic carbocycles. The molecule has 1 N–H and O–H groups in total. The lowest BCUT2D eigenvalue weighted by atomic mass is 10.0. The van der Waals surface area contributed by atoms with Crippen molar-refractivity contribution in [2.75, 3.05) is 26.3 Å². The van der Waals surface area contributed by atoms with E-state index in [-0.39, 0.29) is 30.8 Å². The molecule has 176 valence electrons. The zero-order chi connectivity index (χ0) is 24.1. The Hall–Kier alpha value is -3.75. The summed E-state index contributed by atoms with van der Waals surface area (Å²) >= 11 is 6.03. The molecule has 2 aliphatic heterocycles. The van der Waals surface area contributed by atoms with E-state index < -0.39 is 12.7 Å². The quantitative estimate of drug-likeness (QED) is 0.300. The van der Waals surface area contributed by atoms with Crippen LogP contribution < -0.4 is 10.1 Å². The Morgan fingerprint density at radius 1 is 1.26 bits per heavy atom. The Kier molecular flexibility index (Phi) is 7.20. The first-order valence-corrected chi connectivity index (χ1v) is 10.6. The smallest absolute Gasteiger partial charge is 0.387 e. The van der Waals surface area contributed by atoms with Gasteiger partial charge < -0.3 is 14.4 Å². The van der Waals surface area contributed by atoms with Crippen molar-refractivity contribution in [2.24, 2.45) is 10.1 Å². The van der Waals surface area contributed by atoms with Crippen molar-refractivity contribution in [1.29, 1.82) is 5.26 Å². The van der Waals surface area contributed by atoms with Gasteiger partial charge >= 0.3 is 6.61 Å². The minimum Gasteiger partial charge on any atom is -0.435 e. The Labute approximate surface area is 198 Å². The van der Waals surface area contributed by atoms with Crippen LogP contribution in [0.15, 0.2) is 58.6 Å². The predicted molar refractivity (Wildman–Crippen MR) is 120 cm³/mol. The second kappa shape index (κ2) is 10.5. The monoisotopic (exact) mass is 488 g/mol. The van der Waals surface area contributed by atoms with E-state index in [1.165, 1.54) is 29.3 Å². The molecular weight excluding hydrogens is 470 g/mol. The van der Waals surface area contributed by atoms with Gasteiger partial charge in [-0.15, -0.1) is 0 Å². The van der Waals surface area contributed by atoms with Crippen molar-refractivity contribution in [3.63, 3.8) is 0 Å². The van der Waals surface area contributed by atoms with Gasteiger partial charge in [0.15, 0.2) is 6.19 Å². The molecule has 0 radical (unpaired) electrons. The van der Waals surface area contributed by atoms with E-state index in [2.05, 4.69) is 20.1 Å². The molecule has 1 saturated heterocycles. The molecule has 0 aliphatic carbocycles. The van der Waals surface area contributed by atoms with Gasteiger partial charge in [0.1, 0.15) is 12.4 Å². The van der Waals surface area contributed by atoms with Crippen LogP contribution in [-0.2, 0) is 9.53 Å². The molecule has 0 spiro atoms. The lowest BCUT2D eigenvalue weighted by Crippen LogP contribution is -2.52. The fourth-order valence-corrected chi connectivity index (χ4v) is 3.75. The Balaban J connectivity index is 1.66. The number of morpholine rings is 1. The largest absolute Gasteiger partial charge is 0.435 e. The maximum Gasteiger partial charge on any atom is 0.387 e. The molecule has 0 aromatic heterocycles. The van der Waals surface area contributed by atoms with Crippen LogP contribution >= 0.6 is 11.6 Å². The van der Waals surface area contributed by atoms with Gasteiger partial charge in [-0.3, -0.25) is 10.1 Å². The standard InChI is InChI=1S/C22H19ClF2N6O3/c23-15-3-1-14(2-4-15)20-18(30-9-10-33-12-19(30)32)11-31(29-20)22(27-13-26)28-16-5-7-17(8-6-16)34-21(24)25/h1-8,18,21H,9-12H2,(H,27,28). The van der Waals surface area contributed by atoms with Crippen LogP contribution in [0.1, 0.15) is 5.56 Å². The number of carbonyl (C=O) groups excluding carboxylic acids is 1. The lowest BCUT2D eigenvalue weighted by Gasteiger charge is -2.33. The number of alkyl halides is 2. The first-order chi connectivity index (χ1) is 16.4. The summed E-state index contributed by atoms with van der Waals surface area (Å²) in [5.74, 6) is -0.0698. The van der Waals surface area contributed by atoms with E-state index in [0.717, 1.165) is 5.56 Å². The molecule has 9 nitrogen and oxygen atoms in total. The van der Waals surface area contributed by atoms with E-state index in [4.69, 9.17) is 16.3 Å². The molecule has 1 atom stereocenters. The van der Waals surface area contributed by atoms with Crippen LogP contribution in [0.25, 0.3) is 0 Å². The summed E-state index contributed by atoms with van der Waals surface area (Å²) in [4.78, 5) is 18.6. The van der Waals surface area contributed by atoms with Gasteiger partial charge in [-0.1, -0.05) is 23.7 Å². The fraction of sp³-hybridized carbons (Fsp3) is 0.273. The summed E-state index contributed by atoms with van der Waals surface area (Å²) in [6, 6.07) is 12.3. The van der Waals surface area contributed by atoms with Crippen LogP contribution in [0.5, 0.6) is 5.75 Å². The van der Waals surface area contributed by atoms with Gasteiger partial charge in [-0.2, -0.15) is 19.1 Å². The Morgan fingerprint density at radius 2 is 2.00 bits per heavy atom. The number of benzene rings is 2. The van der Waals surface area contributed by atoms with Crippen molar-refractivity contribution in [2.45, 2.75) is 12.7 Å². The lowest BCUT2D eigenvalue weighted by molar-refractivity contribution is -0.143. The number of carbonyl (C=O) groups is 1. The van der Waals surface area contributed by atoms with Gasteiger partial charge in [-0.05, 0) is 36.4 Å². The highest BCUT2D eigenvalue weighted by Gasteiger charge is 2.38. The van der Waals surface area contributed by atoms with Gasteiger partial charge in [0.05, 0.1) is 30.6 Å². The topological polar surface area (TPSA) is 103 Å². The zero-order valence-corrected chi connectivity index (χ0v) is 18.5. The van der Waals surface area contributed by atoms with E-state index in [1.54, 1.807) is 29.2 Å². The van der Waals surface area contributed by atoms with E-state index in [0.29, 0.717) is 29.6 Å². The van der Waals surface area contributed by atoms with Crippen LogP contribution in [0.2, 0.25) is 5.02 Å². The number of rotatable bonds is 5. The average Bonchev–Trinajstić information content (AvgIpc) is 3.25. The zero-order valence-electron chi connectivity index (χ0n) is 17.7. The number of nitrogens with zero attached hydrogens (tertiary/aromatic N) is 5. The number of ether oxygens (including phenoxy) is 2. The van der Waals surface area contributed by atoms with E-state index in [9.17, 15) is 18.8 Å². The molecule has 1 amide bonds. The first kappa shape index (κ1) is 23.4. The summed E-state index contributed by atoms with van der Waals surface area (Å²) in [7, 11) is 0. The molecule has 4 rings (SSSR count). The second-order valence-corrected chi connectivity index (χ2v) is 7.71. The summed E-state index contributed by atoms with van der Waals surface area (Å²) in [5.41, 5.74) is 1.76. The number of nitriles is 1. The predicted octanol–water partition coefficient (Wildman–Crippen LogP) is 2.95. The summed E-state index contributed by atoms with van der Waals surface area (Å²) in [5, 5.41) is 18.5. The van der Waals surface area contributed by atoms with Gasteiger partial charge in [0, 0.05) is 17.1 Å². The molecule has 34 heavy (non-hydrogen) atoms. The van der Waals surface area contributed by atoms with Gasteiger partial charge in [0.2, 0.25) is 11.9 Å². The number of aliphatic imine (C=N–C) groups is 1. The van der Waals surface area contributed by atoms with Gasteiger partial charge in [0.25, 0.3) is 0 Å². The van der Waals surface area contributed by atoms with Crippen molar-refractivity contribution in [3.05, 3.63) is 59.1 Å². The van der Waals surface area contributed by atoms with E-state index in [1.807, 2.05) is 6.19 Å². The molecule has 2 aromatic rings. The number of halogens is 3. The molecular formula is C22H19ClF2N6O3. The fourth-order valence-electron chi connectivity index (χ4n) is 3.62. The molecule has 0 saturated carbocycles. The Morgan fingerprint density at radius 3 is 2.65 bits per heavy atom. The highest BCUT2D eigenvalue weighted by Crippen LogP contribution is 2.24. The van der Waals surface area contributed by atoms with Crippen molar-refractivity contribution >= 4 is 34.9 Å². The third kappa shape index (κ3) is 5.41. The highest BCUT2D eigenvalue weighted by atomic mass is 35.5. The third-order valence-electron chi connectivity index (χ3n) is 5.14. The number of guanidine groups is 1. The SMILES string of the molecule is N#CNC(=Nc1ccc(OC(F)F)cc1)N1CC(N2CCOCC2=O)C(c2ccc(Cl)cc2)=N1. The van der Waals surface area contributed by atoms with Crippen molar-refractivity contribution in [1.82, 2.24) is 15.2 Å². The first-order valence-electron chi connectivity index (χ1n) is 10.2. The molecule has 1 fully saturated rings. The minimum absolute atomic E-state index is 0.0149. The Bertz CT molecular complexity index is 1130. The molecule has 12 heteroatoms. The molecule has 1 unspecified atom stereocenters. The molecule has 2 heterocycles. The van der Waals surface area contributed by atoms with Crippen LogP contribution in [0, 0.1) is 11.5 Å². The maximum atomic E-state index is 12.6. The molecule has 2 aliphatic rings. The number of hydrazone groups is 1. The highest BCUT2D eigenvalue weighted by molar-refractivity contribution is 6.30. The van der Waals surface area contributed by atoms with Crippen LogP contribution in [-0.4, -0.2) is 66.4 Å². The van der Waals surface area contributed by atoms with Crippen LogP contribution in [0.3, 0.4) is 0 Å². The second-order valence-electron chi connectivity index (χ2n) is 7.27. The summed E-state index contributed by atoms with van der Waals surface area (Å²) in [6.45, 7) is -1.91. The third-order valence-corrected chi connectivity index (χ3v) is 5.39. The normalized spacial score (nSPS) is 18.7. The van der Waals surface area contributed by atoms with Crippen molar-refractivity contribution < 1.29 is 23.0 Å². The maximum absolute atomic E-state index is 12.6. The van der Waals surface area contributed by atoms with Crippen LogP contribution in [0.4, 0.5) is 14.5 Å². The average molecular weight is 489 g/mol. The summed E-state index contributed by atoms with van der Waals surface area (Å²) < 4.78 is 34.4. The minimum atomic E-state index is -2.93. The van der Waals surface area contributed by atoms with Crippen molar-refractivity contribution in [3.8, 4) is 11.9 Å². The number of amides is 1. The number of nitrogens with one attached hydrogen (secondary N) is 1. The number of hydrogen-bond acceptors (Lipinski definition) is 6.